The Kier molecular flexibility index (Phi) is 5.65. The van der Waals surface area contributed by atoms with Crippen molar-refractivity contribution in [2.45, 2.75) is 57.5 Å². The van der Waals surface area contributed by atoms with Gasteiger partial charge >= 0.3 is 0 Å². The first-order chi connectivity index (χ1) is 9.72. The fourth-order valence-corrected chi connectivity index (χ4v) is 3.68. The normalized spacial score (nSPS) is 27.0. The highest BCUT2D eigenvalue weighted by molar-refractivity contribution is 5.90. The van der Waals surface area contributed by atoms with Crippen LogP contribution < -0.4 is 10.6 Å². The lowest BCUT2D eigenvalue weighted by atomic mass is 9.89. The van der Waals surface area contributed by atoms with E-state index in [1.165, 1.54) is 31.2 Å². The van der Waals surface area contributed by atoms with Gasteiger partial charge in [-0.25, -0.2) is 0 Å². The molecule has 2 aliphatic rings. The first-order valence-electron chi connectivity index (χ1n) is 7.87. The van der Waals surface area contributed by atoms with Crippen LogP contribution >= 0.6 is 12.4 Å². The summed E-state index contributed by atoms with van der Waals surface area (Å²) in [6, 6.07) is 9.48. The lowest BCUT2D eigenvalue weighted by Gasteiger charge is -2.28. The quantitative estimate of drug-likeness (QED) is 0.893. The Morgan fingerprint density at radius 2 is 2.00 bits per heavy atom. The second kappa shape index (κ2) is 7.28. The number of carbonyl (C=O) groups excluding carboxylic acids is 1. The highest BCUT2D eigenvalue weighted by atomic mass is 35.5. The Morgan fingerprint density at radius 3 is 2.67 bits per heavy atom. The van der Waals surface area contributed by atoms with Crippen LogP contribution in [0.25, 0.3) is 0 Å². The van der Waals surface area contributed by atoms with Crippen molar-refractivity contribution in [2.24, 2.45) is 5.92 Å². The van der Waals surface area contributed by atoms with Gasteiger partial charge in [0.2, 0.25) is 5.91 Å². The van der Waals surface area contributed by atoms with Gasteiger partial charge in [0.05, 0.1) is 0 Å². The summed E-state index contributed by atoms with van der Waals surface area (Å²) in [6.07, 6.45) is 6.59. The van der Waals surface area contributed by atoms with E-state index < -0.39 is 0 Å². The number of hydrogen-bond donors (Lipinski definition) is 2. The van der Waals surface area contributed by atoms with Gasteiger partial charge in [0.25, 0.3) is 0 Å². The minimum absolute atomic E-state index is 0. The van der Waals surface area contributed by atoms with Crippen LogP contribution in [0.4, 0.5) is 5.69 Å². The van der Waals surface area contributed by atoms with Crippen LogP contribution in [-0.2, 0) is 11.2 Å². The van der Waals surface area contributed by atoms with E-state index in [1.54, 1.807) is 0 Å². The third kappa shape index (κ3) is 4.21. The summed E-state index contributed by atoms with van der Waals surface area (Å²) < 4.78 is 0. The topological polar surface area (TPSA) is 41.1 Å². The molecule has 1 aromatic rings. The van der Waals surface area contributed by atoms with Gasteiger partial charge in [0, 0.05) is 24.2 Å². The highest BCUT2D eigenvalue weighted by Crippen LogP contribution is 2.32. The van der Waals surface area contributed by atoms with E-state index in [-0.39, 0.29) is 18.3 Å². The van der Waals surface area contributed by atoms with Gasteiger partial charge in [-0.1, -0.05) is 19.1 Å². The highest BCUT2D eigenvalue weighted by Gasteiger charge is 2.34. The van der Waals surface area contributed by atoms with Crippen molar-refractivity contribution in [3.8, 4) is 0 Å². The maximum atomic E-state index is 12.2. The van der Waals surface area contributed by atoms with E-state index in [4.69, 9.17) is 0 Å². The molecule has 2 fully saturated rings. The van der Waals surface area contributed by atoms with Crippen molar-refractivity contribution >= 4 is 24.0 Å². The number of carbonyl (C=O) groups is 1. The molecule has 2 atom stereocenters. The zero-order valence-electron chi connectivity index (χ0n) is 12.6. The van der Waals surface area contributed by atoms with Crippen LogP contribution in [0.15, 0.2) is 24.3 Å². The van der Waals surface area contributed by atoms with Gasteiger partial charge < -0.3 is 10.6 Å². The summed E-state index contributed by atoms with van der Waals surface area (Å²) in [5.41, 5.74) is 2.20. The molecule has 2 N–H and O–H groups in total. The molecule has 4 heteroatoms. The summed E-state index contributed by atoms with van der Waals surface area (Å²) in [4.78, 5) is 12.2. The number of piperidine rings is 1. The van der Waals surface area contributed by atoms with Gasteiger partial charge in [0.1, 0.15) is 0 Å². The van der Waals surface area contributed by atoms with Crippen LogP contribution in [-0.4, -0.2) is 18.0 Å². The van der Waals surface area contributed by atoms with E-state index >= 15 is 0 Å². The average molecular weight is 309 g/mol. The van der Waals surface area contributed by atoms with Crippen LogP contribution in [0.1, 0.15) is 44.6 Å². The Hall–Kier alpha value is -1.06. The molecule has 0 radical (unpaired) electrons. The third-order valence-electron chi connectivity index (χ3n) is 4.66. The molecule has 2 heterocycles. The standard InChI is InChI=1S/C17H24N2O.ClH/c1-2-12-4-3-5-14(8-12)19-17(20)11-13-9-15-6-7-16(10-13)18-15;/h3-5,8,13,15-16,18H,2,6-7,9-11H2,1H3,(H,19,20);1H. The number of nitrogens with one attached hydrogen (secondary N) is 2. The summed E-state index contributed by atoms with van der Waals surface area (Å²) in [5, 5.41) is 6.68. The number of hydrogen-bond acceptors (Lipinski definition) is 2. The molecule has 2 aliphatic heterocycles. The van der Waals surface area contributed by atoms with E-state index in [1.807, 2.05) is 12.1 Å². The SMILES string of the molecule is CCc1cccc(NC(=O)CC2CC3CCC(C2)N3)c1.Cl. The fraction of sp³-hybridized carbons (Fsp3) is 0.588. The van der Waals surface area contributed by atoms with Crippen molar-refractivity contribution in [1.82, 2.24) is 5.32 Å². The lowest BCUT2D eigenvalue weighted by molar-refractivity contribution is -0.117. The van der Waals surface area contributed by atoms with Crippen molar-refractivity contribution in [1.29, 1.82) is 0 Å². The van der Waals surface area contributed by atoms with Crippen LogP contribution in [0.5, 0.6) is 0 Å². The molecule has 2 saturated heterocycles. The Labute approximate surface area is 133 Å². The number of aryl methyl sites for hydroxylation is 1. The van der Waals surface area contributed by atoms with Gasteiger partial charge in [-0.05, 0) is 55.7 Å². The van der Waals surface area contributed by atoms with E-state index in [0.717, 1.165) is 12.1 Å². The predicted octanol–water partition coefficient (Wildman–Crippen LogP) is 3.53. The van der Waals surface area contributed by atoms with Gasteiger partial charge in [-0.15, -0.1) is 12.4 Å². The molecule has 3 nitrogen and oxygen atoms in total. The summed E-state index contributed by atoms with van der Waals surface area (Å²) in [5.74, 6) is 0.729. The Bertz CT molecular complexity index is 479. The summed E-state index contributed by atoms with van der Waals surface area (Å²) in [6.45, 7) is 2.13. The predicted molar refractivity (Wildman–Crippen MR) is 89.0 cm³/mol. The number of fused-ring (bicyclic) bond motifs is 2. The molecular formula is C17H25ClN2O. The van der Waals surface area contributed by atoms with E-state index in [9.17, 15) is 4.79 Å². The molecule has 3 rings (SSSR count). The fourth-order valence-electron chi connectivity index (χ4n) is 3.68. The molecule has 21 heavy (non-hydrogen) atoms. The molecule has 1 amide bonds. The van der Waals surface area contributed by atoms with Crippen molar-refractivity contribution in [2.75, 3.05) is 5.32 Å². The number of rotatable bonds is 4. The molecule has 1 aromatic carbocycles. The number of halogens is 1. The van der Waals surface area contributed by atoms with Crippen molar-refractivity contribution < 1.29 is 4.79 Å². The molecule has 2 bridgehead atoms. The maximum absolute atomic E-state index is 12.2. The first-order valence-corrected chi connectivity index (χ1v) is 7.87. The van der Waals surface area contributed by atoms with Crippen LogP contribution in [0.2, 0.25) is 0 Å². The van der Waals surface area contributed by atoms with E-state index in [2.05, 4.69) is 29.7 Å². The molecular weight excluding hydrogens is 284 g/mol. The van der Waals surface area contributed by atoms with Crippen molar-refractivity contribution in [3.63, 3.8) is 0 Å². The second-order valence-electron chi connectivity index (χ2n) is 6.28. The monoisotopic (exact) mass is 308 g/mol. The second-order valence-corrected chi connectivity index (χ2v) is 6.28. The Morgan fingerprint density at radius 1 is 1.29 bits per heavy atom. The molecule has 0 saturated carbocycles. The largest absolute Gasteiger partial charge is 0.326 e. The zero-order valence-corrected chi connectivity index (χ0v) is 13.4. The minimum Gasteiger partial charge on any atom is -0.326 e. The number of benzene rings is 1. The van der Waals surface area contributed by atoms with E-state index in [0.29, 0.717) is 24.4 Å². The molecule has 0 aromatic heterocycles. The maximum Gasteiger partial charge on any atom is 0.224 e. The smallest absolute Gasteiger partial charge is 0.224 e. The average Bonchev–Trinajstić information content (AvgIpc) is 2.78. The molecule has 2 unspecified atom stereocenters. The van der Waals surface area contributed by atoms with Gasteiger partial charge in [-0.2, -0.15) is 0 Å². The molecule has 116 valence electrons. The zero-order chi connectivity index (χ0) is 13.9. The van der Waals surface area contributed by atoms with Crippen LogP contribution in [0, 0.1) is 5.92 Å². The minimum atomic E-state index is 0. The Balaban J connectivity index is 0.00000161. The number of anilines is 1. The first kappa shape index (κ1) is 16.3. The van der Waals surface area contributed by atoms with Crippen molar-refractivity contribution in [3.05, 3.63) is 29.8 Å². The summed E-state index contributed by atoms with van der Waals surface area (Å²) in [7, 11) is 0. The van der Waals surface area contributed by atoms with Gasteiger partial charge in [-0.3, -0.25) is 4.79 Å². The third-order valence-corrected chi connectivity index (χ3v) is 4.66. The lowest BCUT2D eigenvalue weighted by Crippen LogP contribution is -2.39. The van der Waals surface area contributed by atoms with Crippen LogP contribution in [0.3, 0.4) is 0 Å². The van der Waals surface area contributed by atoms with Gasteiger partial charge in [0.15, 0.2) is 0 Å². The molecule has 0 spiro atoms. The number of amides is 1. The molecule has 0 aliphatic carbocycles. The summed E-state index contributed by atoms with van der Waals surface area (Å²) >= 11 is 0.